The lowest BCUT2D eigenvalue weighted by molar-refractivity contribution is 0.0741. The van der Waals surface area contributed by atoms with Crippen LogP contribution in [-0.4, -0.2) is 43.6 Å². The van der Waals surface area contributed by atoms with Crippen molar-refractivity contribution in [2.45, 2.75) is 42.9 Å². The molecule has 0 bridgehead atoms. The van der Waals surface area contributed by atoms with E-state index in [0.29, 0.717) is 18.7 Å². The van der Waals surface area contributed by atoms with Crippen molar-refractivity contribution in [2.24, 2.45) is 5.73 Å². The van der Waals surface area contributed by atoms with Crippen LogP contribution < -0.4 is 5.73 Å². The number of hydrogen-bond donors (Lipinski definition) is 1. The zero-order chi connectivity index (χ0) is 15.6. The number of hydrogen-bond acceptors (Lipinski definition) is 4. The first-order valence-corrected chi connectivity index (χ1v) is 8.77. The van der Waals surface area contributed by atoms with Crippen LogP contribution >= 0.6 is 12.4 Å². The zero-order valence-corrected chi connectivity index (χ0v) is 14.5. The second kappa shape index (κ2) is 7.44. The molecule has 2 rings (SSSR count). The highest BCUT2D eigenvalue weighted by atomic mass is 35.5. The maximum absolute atomic E-state index is 12.4. The third kappa shape index (κ3) is 3.62. The number of benzene rings is 1. The molecule has 7 heteroatoms. The summed E-state index contributed by atoms with van der Waals surface area (Å²) in [6.45, 7) is 4.47. The van der Waals surface area contributed by atoms with Gasteiger partial charge in [-0.05, 0) is 51.0 Å². The van der Waals surface area contributed by atoms with Gasteiger partial charge in [0.05, 0.1) is 10.1 Å². The topological polar surface area (TPSA) is 80.5 Å². The summed E-state index contributed by atoms with van der Waals surface area (Å²) in [6, 6.07) is 6.29. The first-order valence-electron chi connectivity index (χ1n) is 7.23. The zero-order valence-electron chi connectivity index (χ0n) is 12.9. The standard InChI is InChI=1S/C15H22N2O3S.ClH/c1-11(2)21(19,20)14-7-5-12(6-8-14)15(18)17-9-3-4-13(17)10-16;/h5-8,11,13H,3-4,9-10,16H2,1-2H3;1H. The molecule has 22 heavy (non-hydrogen) atoms. The fourth-order valence-corrected chi connectivity index (χ4v) is 3.63. The van der Waals surface area contributed by atoms with E-state index >= 15 is 0 Å². The van der Waals surface area contributed by atoms with Crippen molar-refractivity contribution in [1.82, 2.24) is 4.90 Å². The summed E-state index contributed by atoms with van der Waals surface area (Å²) in [5.41, 5.74) is 6.19. The molecule has 124 valence electrons. The summed E-state index contributed by atoms with van der Waals surface area (Å²) in [7, 11) is -3.30. The Morgan fingerprint density at radius 2 is 1.91 bits per heavy atom. The van der Waals surface area contributed by atoms with Gasteiger partial charge in [-0.2, -0.15) is 0 Å². The van der Waals surface area contributed by atoms with Crippen LogP contribution in [0.4, 0.5) is 0 Å². The summed E-state index contributed by atoms with van der Waals surface area (Å²) >= 11 is 0. The molecule has 1 amide bonds. The SMILES string of the molecule is CC(C)S(=O)(=O)c1ccc(C(=O)N2CCCC2CN)cc1.Cl. The predicted octanol–water partition coefficient (Wildman–Crippen LogP) is 1.85. The number of carbonyl (C=O) groups excluding carboxylic acids is 1. The Kier molecular flexibility index (Phi) is 6.40. The summed E-state index contributed by atoms with van der Waals surface area (Å²) < 4.78 is 24.1. The van der Waals surface area contributed by atoms with Gasteiger partial charge in [0.1, 0.15) is 0 Å². The first-order chi connectivity index (χ1) is 9.87. The number of likely N-dealkylation sites (tertiary alicyclic amines) is 1. The fourth-order valence-electron chi connectivity index (χ4n) is 2.57. The van der Waals surface area contributed by atoms with Gasteiger partial charge in [0, 0.05) is 24.7 Å². The lowest BCUT2D eigenvalue weighted by atomic mass is 10.1. The van der Waals surface area contributed by atoms with Crippen LogP contribution in [0.15, 0.2) is 29.2 Å². The first kappa shape index (κ1) is 18.9. The minimum Gasteiger partial charge on any atom is -0.334 e. The minimum atomic E-state index is -3.30. The molecular weight excluding hydrogens is 324 g/mol. The molecule has 1 fully saturated rings. The average molecular weight is 347 g/mol. The number of nitrogens with zero attached hydrogens (tertiary/aromatic N) is 1. The largest absolute Gasteiger partial charge is 0.334 e. The molecule has 0 saturated carbocycles. The third-order valence-corrected chi connectivity index (χ3v) is 6.13. The number of carbonyl (C=O) groups is 1. The Morgan fingerprint density at radius 1 is 1.32 bits per heavy atom. The van der Waals surface area contributed by atoms with Crippen LogP contribution in [0, 0.1) is 0 Å². The van der Waals surface area contributed by atoms with Gasteiger partial charge in [0.2, 0.25) is 0 Å². The van der Waals surface area contributed by atoms with Gasteiger partial charge in [-0.25, -0.2) is 8.42 Å². The molecule has 1 heterocycles. The molecule has 0 aliphatic carbocycles. The Hall–Kier alpha value is -1.11. The molecule has 5 nitrogen and oxygen atoms in total. The van der Waals surface area contributed by atoms with Gasteiger partial charge in [-0.1, -0.05) is 0 Å². The van der Waals surface area contributed by atoms with Crippen molar-refractivity contribution in [3.8, 4) is 0 Å². The molecule has 0 radical (unpaired) electrons. The van der Waals surface area contributed by atoms with Crippen molar-refractivity contribution >= 4 is 28.2 Å². The van der Waals surface area contributed by atoms with E-state index in [2.05, 4.69) is 0 Å². The van der Waals surface area contributed by atoms with Crippen LogP contribution in [0.5, 0.6) is 0 Å². The lowest BCUT2D eigenvalue weighted by Crippen LogP contribution is -2.39. The van der Waals surface area contributed by atoms with Crippen molar-refractivity contribution < 1.29 is 13.2 Å². The second-order valence-corrected chi connectivity index (χ2v) is 8.15. The van der Waals surface area contributed by atoms with Crippen LogP contribution in [0.1, 0.15) is 37.0 Å². The maximum Gasteiger partial charge on any atom is 0.254 e. The Balaban J connectivity index is 0.00000242. The predicted molar refractivity (Wildman–Crippen MR) is 89.1 cm³/mol. The number of halogens is 1. The van der Waals surface area contributed by atoms with Crippen LogP contribution in [-0.2, 0) is 9.84 Å². The Morgan fingerprint density at radius 3 is 2.41 bits per heavy atom. The normalized spacial score (nSPS) is 18.4. The smallest absolute Gasteiger partial charge is 0.254 e. The van der Waals surface area contributed by atoms with E-state index in [1.54, 1.807) is 30.9 Å². The van der Waals surface area contributed by atoms with E-state index in [0.717, 1.165) is 12.8 Å². The lowest BCUT2D eigenvalue weighted by Gasteiger charge is -2.23. The summed E-state index contributed by atoms with van der Waals surface area (Å²) in [5, 5.41) is -0.473. The van der Waals surface area contributed by atoms with E-state index < -0.39 is 15.1 Å². The number of nitrogens with two attached hydrogens (primary N) is 1. The van der Waals surface area contributed by atoms with Gasteiger partial charge in [0.15, 0.2) is 9.84 Å². The Bertz CT molecular complexity index is 614. The molecule has 1 aliphatic heterocycles. The number of amides is 1. The maximum atomic E-state index is 12.4. The third-order valence-electron chi connectivity index (χ3n) is 3.96. The monoisotopic (exact) mass is 346 g/mol. The van der Waals surface area contributed by atoms with E-state index in [9.17, 15) is 13.2 Å². The highest BCUT2D eigenvalue weighted by molar-refractivity contribution is 7.92. The van der Waals surface area contributed by atoms with Gasteiger partial charge in [-0.15, -0.1) is 12.4 Å². The average Bonchev–Trinajstić information content (AvgIpc) is 2.94. The summed E-state index contributed by atoms with van der Waals surface area (Å²) in [4.78, 5) is 14.5. The molecule has 1 aromatic carbocycles. The van der Waals surface area contributed by atoms with Crippen molar-refractivity contribution in [2.75, 3.05) is 13.1 Å². The van der Waals surface area contributed by atoms with Gasteiger partial charge in [-0.3, -0.25) is 4.79 Å². The van der Waals surface area contributed by atoms with Crippen molar-refractivity contribution in [3.05, 3.63) is 29.8 Å². The Labute approximate surface area is 138 Å². The minimum absolute atomic E-state index is 0. The van der Waals surface area contributed by atoms with E-state index in [4.69, 9.17) is 5.73 Å². The molecule has 0 spiro atoms. The van der Waals surface area contributed by atoms with Crippen LogP contribution in [0.25, 0.3) is 0 Å². The molecule has 1 aliphatic rings. The van der Waals surface area contributed by atoms with E-state index in [-0.39, 0.29) is 29.3 Å². The molecular formula is C15H23ClN2O3S. The molecule has 1 aromatic rings. The van der Waals surface area contributed by atoms with Crippen LogP contribution in [0.3, 0.4) is 0 Å². The summed E-state index contributed by atoms with van der Waals surface area (Å²) in [5.74, 6) is -0.0727. The number of sulfone groups is 1. The van der Waals surface area contributed by atoms with Gasteiger partial charge < -0.3 is 10.6 Å². The summed E-state index contributed by atoms with van der Waals surface area (Å²) in [6.07, 6.45) is 1.90. The van der Waals surface area contributed by atoms with Crippen molar-refractivity contribution in [3.63, 3.8) is 0 Å². The second-order valence-electron chi connectivity index (χ2n) is 5.65. The fraction of sp³-hybridized carbons (Fsp3) is 0.533. The van der Waals surface area contributed by atoms with Gasteiger partial charge >= 0.3 is 0 Å². The van der Waals surface area contributed by atoms with Crippen LogP contribution in [0.2, 0.25) is 0 Å². The van der Waals surface area contributed by atoms with E-state index in [1.165, 1.54) is 12.1 Å². The van der Waals surface area contributed by atoms with Crippen molar-refractivity contribution in [1.29, 1.82) is 0 Å². The molecule has 1 saturated heterocycles. The molecule has 0 aromatic heterocycles. The number of rotatable bonds is 4. The highest BCUT2D eigenvalue weighted by Gasteiger charge is 2.28. The highest BCUT2D eigenvalue weighted by Crippen LogP contribution is 2.21. The molecule has 1 unspecified atom stereocenters. The van der Waals surface area contributed by atoms with Gasteiger partial charge in [0.25, 0.3) is 5.91 Å². The quantitative estimate of drug-likeness (QED) is 0.902. The molecule has 2 N–H and O–H groups in total. The molecule has 1 atom stereocenters. The van der Waals surface area contributed by atoms with E-state index in [1.807, 2.05) is 0 Å².